The van der Waals surface area contributed by atoms with E-state index in [1.165, 1.54) is 28.6 Å². The number of nitrogens with zero attached hydrogens (tertiary/aromatic N) is 3. The number of carbonyl (C=O) groups is 1. The molecule has 0 aliphatic heterocycles. The van der Waals surface area contributed by atoms with Gasteiger partial charge in [-0.05, 0) is 44.7 Å². The number of hydrogen-bond acceptors (Lipinski definition) is 6. The Kier molecular flexibility index (Phi) is 7.02. The van der Waals surface area contributed by atoms with Crippen LogP contribution >= 0.6 is 23.5 Å². The van der Waals surface area contributed by atoms with Gasteiger partial charge in [-0.2, -0.15) is 0 Å². The van der Waals surface area contributed by atoms with Gasteiger partial charge in [0.15, 0.2) is 5.16 Å². The zero-order valence-corrected chi connectivity index (χ0v) is 16.9. The van der Waals surface area contributed by atoms with Crippen molar-refractivity contribution in [1.82, 2.24) is 14.8 Å². The van der Waals surface area contributed by atoms with Crippen LogP contribution in [0, 0.1) is 6.92 Å². The summed E-state index contributed by atoms with van der Waals surface area (Å²) in [4.78, 5) is 13.2. The second-order valence-corrected chi connectivity index (χ2v) is 8.59. The molecule has 1 saturated carbocycles. The Morgan fingerprint density at radius 1 is 1.15 bits per heavy atom. The van der Waals surface area contributed by atoms with Gasteiger partial charge >= 0.3 is 5.97 Å². The lowest BCUT2D eigenvalue weighted by Gasteiger charge is -2.21. The van der Waals surface area contributed by atoms with Crippen LogP contribution in [-0.2, 0) is 22.3 Å². The molecule has 0 radical (unpaired) electrons. The minimum Gasteiger partial charge on any atom is -0.462 e. The van der Waals surface area contributed by atoms with Gasteiger partial charge in [0.05, 0.1) is 11.5 Å². The minimum atomic E-state index is -0.152. The number of aromatic nitrogens is 3. The summed E-state index contributed by atoms with van der Waals surface area (Å²) in [5, 5.41) is 9.23. The van der Waals surface area contributed by atoms with Crippen LogP contribution in [0.5, 0.6) is 0 Å². The summed E-state index contributed by atoms with van der Waals surface area (Å²) < 4.78 is 7.51. The van der Waals surface area contributed by atoms with Crippen molar-refractivity contribution >= 4 is 29.5 Å². The highest BCUT2D eigenvalue weighted by Gasteiger charge is 2.18. The van der Waals surface area contributed by atoms with Crippen molar-refractivity contribution in [1.29, 1.82) is 0 Å². The maximum atomic E-state index is 12.0. The molecule has 0 unspecified atom stereocenters. The van der Waals surface area contributed by atoms with E-state index in [1.54, 1.807) is 11.8 Å². The van der Waals surface area contributed by atoms with Crippen molar-refractivity contribution in [3.8, 4) is 0 Å². The number of ether oxygens (including phenoxy) is 1. The first kappa shape index (κ1) is 19.3. The molecule has 1 aliphatic rings. The quantitative estimate of drug-likeness (QED) is 0.515. The molecule has 1 aromatic heterocycles. The molecule has 7 heteroatoms. The van der Waals surface area contributed by atoms with Gasteiger partial charge in [-0.15, -0.1) is 22.0 Å². The average Bonchev–Trinajstić information content (AvgIpc) is 3.00. The van der Waals surface area contributed by atoms with E-state index in [-0.39, 0.29) is 17.8 Å². The number of rotatable bonds is 7. The maximum Gasteiger partial charge on any atom is 0.316 e. The van der Waals surface area contributed by atoms with E-state index in [2.05, 4.69) is 41.4 Å². The Bertz CT molecular complexity index is 725. The summed E-state index contributed by atoms with van der Waals surface area (Å²) in [6.45, 7) is 2.08. The molecule has 0 amide bonds. The third-order valence-electron chi connectivity index (χ3n) is 4.48. The summed E-state index contributed by atoms with van der Waals surface area (Å²) in [5.74, 6) is 1.78. The second kappa shape index (κ2) is 9.46. The lowest BCUT2D eigenvalue weighted by atomic mass is 9.98. The normalized spacial score (nSPS) is 15.2. The van der Waals surface area contributed by atoms with Gasteiger partial charge in [0.1, 0.15) is 11.9 Å². The summed E-state index contributed by atoms with van der Waals surface area (Å²) in [6.07, 6.45) is 5.69. The van der Waals surface area contributed by atoms with Crippen molar-refractivity contribution in [2.45, 2.75) is 60.9 Å². The third kappa shape index (κ3) is 5.51. The van der Waals surface area contributed by atoms with E-state index in [0.29, 0.717) is 0 Å². The lowest BCUT2D eigenvalue weighted by molar-refractivity contribution is -0.147. The van der Waals surface area contributed by atoms with Crippen LogP contribution in [0.25, 0.3) is 0 Å². The number of esters is 1. The summed E-state index contributed by atoms with van der Waals surface area (Å²) >= 11 is 3.13. The van der Waals surface area contributed by atoms with Crippen molar-refractivity contribution < 1.29 is 9.53 Å². The molecule has 0 bridgehead atoms. The van der Waals surface area contributed by atoms with Crippen LogP contribution in [0.15, 0.2) is 34.3 Å². The van der Waals surface area contributed by atoms with Crippen LogP contribution < -0.4 is 0 Å². The predicted molar refractivity (Wildman–Crippen MR) is 105 cm³/mol. The second-order valence-electron chi connectivity index (χ2n) is 6.60. The van der Waals surface area contributed by atoms with Gasteiger partial charge in [0.25, 0.3) is 0 Å². The van der Waals surface area contributed by atoms with E-state index in [4.69, 9.17) is 4.74 Å². The molecule has 0 saturated heterocycles. The molecule has 0 N–H and O–H groups in total. The predicted octanol–water partition coefficient (Wildman–Crippen LogP) is 4.38. The van der Waals surface area contributed by atoms with Crippen LogP contribution in [0.1, 0.15) is 43.5 Å². The van der Waals surface area contributed by atoms with Gasteiger partial charge in [0, 0.05) is 11.9 Å². The molecule has 2 aromatic rings. The monoisotopic (exact) mass is 391 g/mol. The molecule has 26 heavy (non-hydrogen) atoms. The highest BCUT2D eigenvalue weighted by atomic mass is 32.2. The molecule has 3 rings (SSSR count). The van der Waals surface area contributed by atoms with Crippen LogP contribution in [0.2, 0.25) is 0 Å². The van der Waals surface area contributed by atoms with Crippen molar-refractivity contribution in [3.05, 3.63) is 35.7 Å². The highest BCUT2D eigenvalue weighted by molar-refractivity contribution is 7.99. The van der Waals surface area contributed by atoms with E-state index >= 15 is 0 Å². The molecular formula is C19H25N3O2S2. The topological polar surface area (TPSA) is 57.0 Å². The highest BCUT2D eigenvalue weighted by Crippen LogP contribution is 2.25. The third-order valence-corrected chi connectivity index (χ3v) is 6.49. The Morgan fingerprint density at radius 3 is 2.62 bits per heavy atom. The number of benzene rings is 1. The van der Waals surface area contributed by atoms with Gasteiger partial charge < -0.3 is 9.30 Å². The molecule has 1 aliphatic carbocycles. The minimum absolute atomic E-state index is 0.109. The van der Waals surface area contributed by atoms with E-state index in [9.17, 15) is 4.79 Å². The molecular weight excluding hydrogens is 366 g/mol. The molecule has 0 atom stereocenters. The zero-order chi connectivity index (χ0) is 18.4. The van der Waals surface area contributed by atoms with Crippen LogP contribution in [0.3, 0.4) is 0 Å². The molecule has 5 nitrogen and oxygen atoms in total. The molecule has 1 heterocycles. The number of carbonyl (C=O) groups excluding carboxylic acids is 1. The van der Waals surface area contributed by atoms with E-state index in [1.807, 2.05) is 11.6 Å². The molecule has 140 valence electrons. The van der Waals surface area contributed by atoms with Crippen molar-refractivity contribution in [2.75, 3.05) is 5.75 Å². The van der Waals surface area contributed by atoms with E-state index < -0.39 is 0 Å². The first-order valence-electron chi connectivity index (χ1n) is 9.02. The lowest BCUT2D eigenvalue weighted by Crippen LogP contribution is -2.22. The number of hydrogen-bond donors (Lipinski definition) is 0. The summed E-state index contributed by atoms with van der Waals surface area (Å²) in [5.41, 5.74) is 1.26. The van der Waals surface area contributed by atoms with Crippen LogP contribution in [-0.4, -0.2) is 32.6 Å². The fourth-order valence-corrected chi connectivity index (χ4v) is 4.49. The molecule has 1 aromatic carbocycles. The van der Waals surface area contributed by atoms with Gasteiger partial charge in [-0.25, -0.2) is 0 Å². The van der Waals surface area contributed by atoms with Crippen molar-refractivity contribution in [2.24, 2.45) is 7.05 Å². The van der Waals surface area contributed by atoms with Gasteiger partial charge in [-0.3, -0.25) is 4.79 Å². The standard InChI is InChI=1S/C19H25N3O2S2/c1-14-8-10-16(11-9-14)25-12-17-20-21-19(22(17)2)26-13-18(23)24-15-6-4-3-5-7-15/h8-11,15H,3-7,12-13H2,1-2H3. The zero-order valence-electron chi connectivity index (χ0n) is 15.3. The first-order chi connectivity index (χ1) is 12.6. The Balaban J connectivity index is 1.47. The average molecular weight is 392 g/mol. The summed E-state index contributed by atoms with van der Waals surface area (Å²) in [6, 6.07) is 8.46. The largest absolute Gasteiger partial charge is 0.462 e. The molecule has 0 spiro atoms. The number of thioether (sulfide) groups is 2. The Labute approximate surface area is 163 Å². The van der Waals surface area contributed by atoms with Gasteiger partial charge in [-0.1, -0.05) is 35.9 Å². The fourth-order valence-electron chi connectivity index (χ4n) is 2.91. The summed E-state index contributed by atoms with van der Waals surface area (Å²) in [7, 11) is 1.94. The Morgan fingerprint density at radius 2 is 1.88 bits per heavy atom. The SMILES string of the molecule is Cc1ccc(SCc2nnc(SCC(=O)OC3CCCCC3)n2C)cc1. The van der Waals surface area contributed by atoms with E-state index in [0.717, 1.165) is 42.4 Å². The molecule has 1 fully saturated rings. The number of aryl methyl sites for hydroxylation is 1. The maximum absolute atomic E-state index is 12.0. The first-order valence-corrected chi connectivity index (χ1v) is 11.0. The van der Waals surface area contributed by atoms with Crippen molar-refractivity contribution in [3.63, 3.8) is 0 Å². The van der Waals surface area contributed by atoms with Gasteiger partial charge in [0.2, 0.25) is 0 Å². The van der Waals surface area contributed by atoms with Crippen LogP contribution in [0.4, 0.5) is 0 Å². The smallest absolute Gasteiger partial charge is 0.316 e. The fraction of sp³-hybridized carbons (Fsp3) is 0.526. The Hall–Kier alpha value is -1.47.